The van der Waals surface area contributed by atoms with Crippen molar-refractivity contribution in [3.05, 3.63) is 0 Å². The van der Waals surface area contributed by atoms with E-state index in [1.165, 1.54) is 0 Å². The fraction of sp³-hybridized carbons (Fsp3) is 1.00. The fourth-order valence-corrected chi connectivity index (χ4v) is 1.80. The molecule has 0 aliphatic rings. The molecular formula is C11H24O2. The molecule has 0 aliphatic carbocycles. The minimum atomic E-state index is -0.686. The zero-order chi connectivity index (χ0) is 10.5. The summed E-state index contributed by atoms with van der Waals surface area (Å²) in [4.78, 5) is 0. The van der Waals surface area contributed by atoms with Gasteiger partial charge in [-0.2, -0.15) is 0 Å². The minimum Gasteiger partial charge on any atom is -0.393 e. The topological polar surface area (TPSA) is 40.5 Å². The average molecular weight is 188 g/mol. The lowest BCUT2D eigenvalue weighted by Crippen LogP contribution is -2.41. The summed E-state index contributed by atoms with van der Waals surface area (Å²) < 4.78 is 0. The van der Waals surface area contributed by atoms with Crippen LogP contribution in [0.3, 0.4) is 0 Å². The van der Waals surface area contributed by atoms with Gasteiger partial charge in [0.2, 0.25) is 0 Å². The van der Waals surface area contributed by atoms with Gasteiger partial charge in [0.15, 0.2) is 0 Å². The molecule has 0 heterocycles. The van der Waals surface area contributed by atoms with Crippen LogP contribution < -0.4 is 0 Å². The van der Waals surface area contributed by atoms with Gasteiger partial charge in [0.25, 0.3) is 0 Å². The first-order valence-corrected chi connectivity index (χ1v) is 5.42. The normalized spacial score (nSPS) is 17.1. The van der Waals surface area contributed by atoms with Gasteiger partial charge < -0.3 is 10.2 Å². The number of aliphatic hydroxyl groups excluding tert-OH is 1. The second kappa shape index (κ2) is 5.61. The van der Waals surface area contributed by atoms with Crippen molar-refractivity contribution in [2.45, 2.75) is 65.1 Å². The molecule has 2 atom stereocenters. The zero-order valence-corrected chi connectivity index (χ0v) is 9.38. The molecule has 0 spiro atoms. The zero-order valence-electron chi connectivity index (χ0n) is 9.38. The van der Waals surface area contributed by atoms with Gasteiger partial charge in [-0.25, -0.2) is 0 Å². The molecular weight excluding hydrogens is 164 g/mol. The largest absolute Gasteiger partial charge is 0.393 e. The summed E-state index contributed by atoms with van der Waals surface area (Å²) in [5, 5.41) is 19.9. The Morgan fingerprint density at radius 3 is 1.92 bits per heavy atom. The molecule has 0 rings (SSSR count). The molecule has 2 N–H and O–H groups in total. The van der Waals surface area contributed by atoms with Crippen LogP contribution in [0.15, 0.2) is 0 Å². The van der Waals surface area contributed by atoms with Gasteiger partial charge in [-0.3, -0.25) is 0 Å². The third-order valence-corrected chi connectivity index (χ3v) is 3.23. The lowest BCUT2D eigenvalue weighted by Gasteiger charge is -2.35. The lowest BCUT2D eigenvalue weighted by atomic mass is 9.79. The van der Waals surface area contributed by atoms with Crippen LogP contribution in [0.2, 0.25) is 0 Å². The number of hydrogen-bond acceptors (Lipinski definition) is 2. The van der Waals surface area contributed by atoms with Crippen LogP contribution >= 0.6 is 0 Å². The van der Waals surface area contributed by atoms with E-state index < -0.39 is 5.60 Å². The predicted octanol–water partition coefficient (Wildman–Crippen LogP) is 2.33. The molecule has 0 amide bonds. The van der Waals surface area contributed by atoms with Gasteiger partial charge in [-0.15, -0.1) is 0 Å². The Morgan fingerprint density at radius 1 is 1.15 bits per heavy atom. The lowest BCUT2D eigenvalue weighted by molar-refractivity contribution is -0.0708. The van der Waals surface area contributed by atoms with Crippen LogP contribution in [0.25, 0.3) is 0 Å². The van der Waals surface area contributed by atoms with E-state index in [4.69, 9.17) is 0 Å². The molecule has 2 heteroatoms. The summed E-state index contributed by atoms with van der Waals surface area (Å²) >= 11 is 0. The van der Waals surface area contributed by atoms with Gasteiger partial charge in [-0.05, 0) is 19.3 Å². The van der Waals surface area contributed by atoms with Crippen molar-refractivity contribution < 1.29 is 10.2 Å². The van der Waals surface area contributed by atoms with Crippen LogP contribution in [0.5, 0.6) is 0 Å². The summed E-state index contributed by atoms with van der Waals surface area (Å²) in [6.45, 7) is 7.93. The van der Waals surface area contributed by atoms with Crippen molar-refractivity contribution in [3.8, 4) is 0 Å². The van der Waals surface area contributed by atoms with Crippen LogP contribution in [0, 0.1) is 5.92 Å². The summed E-state index contributed by atoms with van der Waals surface area (Å²) in [5.74, 6) is -0.0255. The molecule has 0 aromatic carbocycles. The van der Waals surface area contributed by atoms with Gasteiger partial charge >= 0.3 is 0 Å². The molecule has 0 saturated heterocycles. The molecule has 0 aromatic heterocycles. The maximum atomic E-state index is 10.1. The average Bonchev–Trinajstić information content (AvgIpc) is 2.16. The van der Waals surface area contributed by atoms with E-state index in [0.717, 1.165) is 12.8 Å². The molecule has 0 aromatic rings. The quantitative estimate of drug-likeness (QED) is 0.671. The fourth-order valence-electron chi connectivity index (χ4n) is 1.80. The molecule has 0 bridgehead atoms. The highest BCUT2D eigenvalue weighted by Gasteiger charge is 2.33. The highest BCUT2D eigenvalue weighted by molar-refractivity contribution is 4.85. The van der Waals surface area contributed by atoms with Crippen molar-refractivity contribution in [1.82, 2.24) is 0 Å². The maximum Gasteiger partial charge on any atom is 0.0692 e. The molecule has 80 valence electrons. The third-order valence-electron chi connectivity index (χ3n) is 3.23. The Balaban J connectivity index is 4.27. The van der Waals surface area contributed by atoms with E-state index in [9.17, 15) is 10.2 Å². The third kappa shape index (κ3) is 3.28. The van der Waals surface area contributed by atoms with Crippen molar-refractivity contribution in [3.63, 3.8) is 0 Å². The Morgan fingerprint density at radius 2 is 1.62 bits per heavy atom. The molecule has 0 aliphatic heterocycles. The molecule has 2 unspecified atom stereocenters. The Kier molecular flexibility index (Phi) is 5.57. The predicted molar refractivity (Wildman–Crippen MR) is 55.6 cm³/mol. The Bertz CT molecular complexity index is 130. The molecule has 0 radical (unpaired) electrons. The number of aliphatic hydroxyl groups is 2. The van der Waals surface area contributed by atoms with Crippen molar-refractivity contribution in [1.29, 1.82) is 0 Å². The number of hydrogen-bond donors (Lipinski definition) is 2. The highest BCUT2D eigenvalue weighted by atomic mass is 16.3. The van der Waals surface area contributed by atoms with E-state index in [2.05, 4.69) is 0 Å². The minimum absolute atomic E-state index is 0.0255. The molecule has 0 fully saturated rings. The van der Waals surface area contributed by atoms with E-state index in [0.29, 0.717) is 12.8 Å². The number of rotatable bonds is 6. The van der Waals surface area contributed by atoms with Gasteiger partial charge in [0.1, 0.15) is 0 Å². The van der Waals surface area contributed by atoms with E-state index in [1.54, 1.807) is 0 Å². The van der Waals surface area contributed by atoms with Crippen LogP contribution in [-0.2, 0) is 0 Å². The first kappa shape index (κ1) is 12.9. The van der Waals surface area contributed by atoms with Crippen LogP contribution in [0.1, 0.15) is 53.4 Å². The Hall–Kier alpha value is -0.0800. The second-order valence-corrected chi connectivity index (χ2v) is 3.96. The van der Waals surface area contributed by atoms with Crippen LogP contribution in [0.4, 0.5) is 0 Å². The van der Waals surface area contributed by atoms with E-state index in [1.807, 2.05) is 27.7 Å². The van der Waals surface area contributed by atoms with Gasteiger partial charge in [-0.1, -0.05) is 34.1 Å². The van der Waals surface area contributed by atoms with Crippen molar-refractivity contribution in [2.24, 2.45) is 5.92 Å². The summed E-state index contributed by atoms with van der Waals surface area (Å²) in [5.41, 5.74) is -0.686. The maximum absolute atomic E-state index is 10.1. The highest BCUT2D eigenvalue weighted by Crippen LogP contribution is 2.29. The van der Waals surface area contributed by atoms with Crippen molar-refractivity contribution >= 4 is 0 Å². The van der Waals surface area contributed by atoms with E-state index >= 15 is 0 Å². The SMILES string of the molecule is CCCC(O)C(C)C(O)(CC)CC. The van der Waals surface area contributed by atoms with Gasteiger partial charge in [0, 0.05) is 5.92 Å². The summed E-state index contributed by atoms with van der Waals surface area (Å²) in [7, 11) is 0. The van der Waals surface area contributed by atoms with Crippen LogP contribution in [-0.4, -0.2) is 21.9 Å². The second-order valence-electron chi connectivity index (χ2n) is 3.96. The van der Waals surface area contributed by atoms with Gasteiger partial charge in [0.05, 0.1) is 11.7 Å². The smallest absolute Gasteiger partial charge is 0.0692 e. The molecule has 0 saturated carbocycles. The molecule has 13 heavy (non-hydrogen) atoms. The van der Waals surface area contributed by atoms with Crippen molar-refractivity contribution in [2.75, 3.05) is 0 Å². The summed E-state index contributed by atoms with van der Waals surface area (Å²) in [6.07, 6.45) is 2.81. The first-order chi connectivity index (χ1) is 6.01. The monoisotopic (exact) mass is 188 g/mol. The standard InChI is InChI=1S/C11H24O2/c1-5-8-10(12)9(4)11(13,6-2)7-3/h9-10,12-13H,5-8H2,1-4H3. The first-order valence-electron chi connectivity index (χ1n) is 5.42. The summed E-state index contributed by atoms with van der Waals surface area (Å²) in [6, 6.07) is 0. The van der Waals surface area contributed by atoms with E-state index in [-0.39, 0.29) is 12.0 Å². The Labute approximate surface area is 82.0 Å². The molecule has 2 nitrogen and oxygen atoms in total.